The Morgan fingerprint density at radius 2 is 2.28 bits per heavy atom. The molecule has 1 heterocycles. The van der Waals surface area contributed by atoms with E-state index in [4.69, 9.17) is 5.73 Å². The Bertz CT molecular complexity index is 502. The van der Waals surface area contributed by atoms with E-state index in [0.717, 1.165) is 15.7 Å². The molecular weight excluding hydrogens is 296 g/mol. The molecule has 4 nitrogen and oxygen atoms in total. The van der Waals surface area contributed by atoms with Gasteiger partial charge in [0.25, 0.3) is 0 Å². The maximum absolute atomic E-state index is 12.0. The monoisotopic (exact) mass is 310 g/mol. The van der Waals surface area contributed by atoms with Gasteiger partial charge < -0.3 is 10.6 Å². The summed E-state index contributed by atoms with van der Waals surface area (Å²) in [6.45, 7) is 2.53. The highest BCUT2D eigenvalue weighted by molar-refractivity contribution is 9.10. The molecule has 5 heteroatoms. The van der Waals surface area contributed by atoms with E-state index in [-0.39, 0.29) is 24.2 Å². The van der Waals surface area contributed by atoms with Crippen molar-refractivity contribution in [2.24, 2.45) is 11.7 Å². The van der Waals surface area contributed by atoms with E-state index in [1.807, 2.05) is 25.1 Å². The maximum Gasteiger partial charge on any atom is 0.227 e. The Labute approximate surface area is 114 Å². The highest BCUT2D eigenvalue weighted by Gasteiger charge is 2.32. The van der Waals surface area contributed by atoms with E-state index in [1.165, 1.54) is 0 Å². The Balaban J connectivity index is 2.22. The molecule has 0 aromatic heterocycles. The minimum Gasteiger partial charge on any atom is -0.370 e. The molecule has 1 atom stereocenters. The van der Waals surface area contributed by atoms with Crippen molar-refractivity contribution in [1.82, 2.24) is 0 Å². The summed E-state index contributed by atoms with van der Waals surface area (Å²) in [5.74, 6) is -0.253. The summed E-state index contributed by atoms with van der Waals surface area (Å²) in [6.07, 6.45) is 0.671. The fourth-order valence-corrected chi connectivity index (χ4v) is 2.68. The number of nitrogens with zero attached hydrogens (tertiary/aromatic N) is 1. The van der Waals surface area contributed by atoms with Crippen molar-refractivity contribution in [1.29, 1.82) is 0 Å². The fourth-order valence-electron chi connectivity index (χ4n) is 2.32. The Morgan fingerprint density at radius 3 is 2.94 bits per heavy atom. The van der Waals surface area contributed by atoms with Crippen LogP contribution >= 0.6 is 15.9 Å². The topological polar surface area (TPSA) is 63.4 Å². The van der Waals surface area contributed by atoms with Gasteiger partial charge in [-0.15, -0.1) is 0 Å². The van der Waals surface area contributed by atoms with Gasteiger partial charge in [0.15, 0.2) is 0 Å². The predicted molar refractivity (Wildman–Crippen MR) is 73.2 cm³/mol. The van der Waals surface area contributed by atoms with Crippen LogP contribution in [0.5, 0.6) is 0 Å². The van der Waals surface area contributed by atoms with Crippen molar-refractivity contribution in [3.63, 3.8) is 0 Å². The number of benzene rings is 1. The van der Waals surface area contributed by atoms with Crippen LogP contribution in [-0.4, -0.2) is 18.4 Å². The lowest BCUT2D eigenvalue weighted by Crippen LogP contribution is -2.26. The zero-order valence-electron chi connectivity index (χ0n) is 10.1. The molecule has 0 spiro atoms. The molecule has 1 aliphatic heterocycles. The van der Waals surface area contributed by atoms with E-state index in [2.05, 4.69) is 15.9 Å². The van der Waals surface area contributed by atoms with Gasteiger partial charge in [0.05, 0.1) is 0 Å². The lowest BCUT2D eigenvalue weighted by molar-refractivity contribution is -0.119. The maximum atomic E-state index is 12.0. The highest BCUT2D eigenvalue weighted by Crippen LogP contribution is 2.32. The van der Waals surface area contributed by atoms with Gasteiger partial charge in [0.2, 0.25) is 11.8 Å². The van der Waals surface area contributed by atoms with Crippen LogP contribution in [-0.2, 0) is 9.59 Å². The van der Waals surface area contributed by atoms with Crippen molar-refractivity contribution in [2.75, 3.05) is 11.4 Å². The number of halogens is 1. The molecule has 1 aromatic carbocycles. The number of carbonyl (C=O) groups excluding carboxylic acids is 2. The molecule has 2 amide bonds. The highest BCUT2D eigenvalue weighted by atomic mass is 79.9. The normalized spacial score (nSPS) is 19.3. The summed E-state index contributed by atoms with van der Waals surface area (Å²) in [4.78, 5) is 24.6. The molecule has 1 aromatic rings. The first kappa shape index (κ1) is 13.1. The number of hydrogen-bond acceptors (Lipinski definition) is 2. The molecule has 1 fully saturated rings. The number of carbonyl (C=O) groups is 2. The molecule has 0 saturated carbocycles. The molecule has 1 unspecified atom stereocenters. The second-order valence-corrected chi connectivity index (χ2v) is 5.48. The van der Waals surface area contributed by atoms with Gasteiger partial charge in [-0.25, -0.2) is 0 Å². The molecule has 18 heavy (non-hydrogen) atoms. The molecule has 1 aliphatic rings. The number of nitrogens with two attached hydrogens (primary N) is 1. The van der Waals surface area contributed by atoms with E-state index in [1.54, 1.807) is 4.90 Å². The first-order chi connectivity index (χ1) is 8.49. The summed E-state index contributed by atoms with van der Waals surface area (Å²) in [5.41, 5.74) is 7.12. The van der Waals surface area contributed by atoms with Crippen molar-refractivity contribution in [3.05, 3.63) is 28.2 Å². The van der Waals surface area contributed by atoms with Gasteiger partial charge in [-0.2, -0.15) is 0 Å². The third-order valence-electron chi connectivity index (χ3n) is 3.22. The smallest absolute Gasteiger partial charge is 0.227 e. The standard InChI is InChI=1S/C13H15BrN2O2/c1-8-10(14)3-2-4-11(8)16-7-9(5-12(15)17)6-13(16)18/h2-4,9H,5-7H2,1H3,(H2,15,17). The molecule has 2 N–H and O–H groups in total. The summed E-state index contributed by atoms with van der Waals surface area (Å²) >= 11 is 3.46. The van der Waals surface area contributed by atoms with Crippen LogP contribution in [0.3, 0.4) is 0 Å². The van der Waals surface area contributed by atoms with Crippen molar-refractivity contribution in [2.45, 2.75) is 19.8 Å². The van der Waals surface area contributed by atoms with Gasteiger partial charge in [0.1, 0.15) is 0 Å². The SMILES string of the molecule is Cc1c(Br)cccc1N1CC(CC(N)=O)CC1=O. The van der Waals surface area contributed by atoms with Crippen molar-refractivity contribution in [3.8, 4) is 0 Å². The van der Waals surface area contributed by atoms with Gasteiger partial charge in [-0.3, -0.25) is 9.59 Å². The van der Waals surface area contributed by atoms with Crippen LogP contribution in [0.4, 0.5) is 5.69 Å². The van der Waals surface area contributed by atoms with Crippen molar-refractivity contribution >= 4 is 33.4 Å². The van der Waals surface area contributed by atoms with Crippen molar-refractivity contribution < 1.29 is 9.59 Å². The van der Waals surface area contributed by atoms with Gasteiger partial charge in [-0.05, 0) is 30.5 Å². The first-order valence-electron chi connectivity index (χ1n) is 5.83. The predicted octanol–water partition coefficient (Wildman–Crippen LogP) is 1.99. The van der Waals surface area contributed by atoms with Crippen LogP contribution in [0, 0.1) is 12.8 Å². The number of anilines is 1. The van der Waals surface area contributed by atoms with Gasteiger partial charge in [-0.1, -0.05) is 22.0 Å². The molecule has 0 aliphatic carbocycles. The number of hydrogen-bond donors (Lipinski definition) is 1. The average Bonchev–Trinajstić information content (AvgIpc) is 2.62. The number of primary amides is 1. The number of amides is 2. The minimum atomic E-state index is -0.347. The largest absolute Gasteiger partial charge is 0.370 e. The van der Waals surface area contributed by atoms with E-state index < -0.39 is 0 Å². The van der Waals surface area contributed by atoms with Crippen LogP contribution in [0.1, 0.15) is 18.4 Å². The molecular formula is C13H15BrN2O2. The Morgan fingerprint density at radius 1 is 1.56 bits per heavy atom. The third-order valence-corrected chi connectivity index (χ3v) is 4.08. The summed E-state index contributed by atoms with van der Waals surface area (Å²) in [7, 11) is 0. The summed E-state index contributed by atoms with van der Waals surface area (Å²) in [5, 5.41) is 0. The number of rotatable bonds is 3. The van der Waals surface area contributed by atoms with Crippen LogP contribution in [0.2, 0.25) is 0 Å². The quantitative estimate of drug-likeness (QED) is 0.928. The molecule has 0 bridgehead atoms. The van der Waals surface area contributed by atoms with Gasteiger partial charge in [0, 0.05) is 29.5 Å². The van der Waals surface area contributed by atoms with Crippen LogP contribution in [0.15, 0.2) is 22.7 Å². The van der Waals surface area contributed by atoms with E-state index in [0.29, 0.717) is 13.0 Å². The average molecular weight is 311 g/mol. The summed E-state index contributed by atoms with van der Waals surface area (Å²) in [6, 6.07) is 5.77. The zero-order chi connectivity index (χ0) is 13.3. The van der Waals surface area contributed by atoms with Crippen LogP contribution in [0.25, 0.3) is 0 Å². The van der Waals surface area contributed by atoms with E-state index >= 15 is 0 Å². The minimum absolute atomic E-state index is 0.0355. The third kappa shape index (κ3) is 2.56. The molecule has 2 rings (SSSR count). The second-order valence-electron chi connectivity index (χ2n) is 4.63. The fraction of sp³-hybridized carbons (Fsp3) is 0.385. The Kier molecular flexibility index (Phi) is 3.71. The van der Waals surface area contributed by atoms with Crippen LogP contribution < -0.4 is 10.6 Å². The first-order valence-corrected chi connectivity index (χ1v) is 6.62. The lowest BCUT2D eigenvalue weighted by atomic mass is 10.0. The van der Waals surface area contributed by atoms with Gasteiger partial charge >= 0.3 is 0 Å². The second kappa shape index (κ2) is 5.10. The van der Waals surface area contributed by atoms with E-state index in [9.17, 15) is 9.59 Å². The molecule has 0 radical (unpaired) electrons. The summed E-state index contributed by atoms with van der Waals surface area (Å²) < 4.78 is 0.978. The lowest BCUT2D eigenvalue weighted by Gasteiger charge is -2.19. The Hall–Kier alpha value is -1.36. The molecule has 96 valence electrons. The molecule has 1 saturated heterocycles. The zero-order valence-corrected chi connectivity index (χ0v) is 11.7.